The third-order valence-electron chi connectivity index (χ3n) is 3.69. The molecule has 5 heteroatoms. The van der Waals surface area contributed by atoms with Gasteiger partial charge < -0.3 is 11.1 Å². The van der Waals surface area contributed by atoms with Gasteiger partial charge in [-0.1, -0.05) is 12.8 Å². The summed E-state index contributed by atoms with van der Waals surface area (Å²) in [7, 11) is 0. The van der Waals surface area contributed by atoms with E-state index in [1.54, 1.807) is 11.3 Å². The molecule has 0 aromatic carbocycles. The van der Waals surface area contributed by atoms with Crippen LogP contribution in [0.4, 0.5) is 0 Å². The Morgan fingerprint density at radius 2 is 2.29 bits per heavy atom. The van der Waals surface area contributed by atoms with Crippen LogP contribution in [-0.2, 0) is 11.3 Å². The molecule has 1 saturated carbocycles. The first-order valence-corrected chi connectivity index (χ1v) is 6.93. The van der Waals surface area contributed by atoms with E-state index >= 15 is 0 Å². The molecule has 0 unspecified atom stereocenters. The van der Waals surface area contributed by atoms with Crippen molar-refractivity contribution in [1.29, 1.82) is 0 Å². The lowest BCUT2D eigenvalue weighted by molar-refractivity contribution is -0.130. The number of rotatable bonds is 4. The fourth-order valence-electron chi connectivity index (χ4n) is 2.42. The van der Waals surface area contributed by atoms with Gasteiger partial charge in [-0.3, -0.25) is 4.79 Å². The summed E-state index contributed by atoms with van der Waals surface area (Å²) in [6.07, 6.45) is 4.09. The average molecular weight is 253 g/mol. The molecule has 0 radical (unpaired) electrons. The van der Waals surface area contributed by atoms with Crippen LogP contribution < -0.4 is 11.1 Å². The Morgan fingerprint density at radius 1 is 1.59 bits per heavy atom. The maximum absolute atomic E-state index is 12.2. The SMILES string of the molecule is Cc1ncsc1CNC(=O)C1(CN)CCCC1. The zero-order valence-electron chi connectivity index (χ0n) is 10.2. The maximum atomic E-state index is 12.2. The average Bonchev–Trinajstić information content (AvgIpc) is 2.95. The van der Waals surface area contributed by atoms with Crippen LogP contribution in [0, 0.1) is 12.3 Å². The van der Waals surface area contributed by atoms with Crippen molar-refractivity contribution in [3.8, 4) is 0 Å². The van der Waals surface area contributed by atoms with Gasteiger partial charge in [0.2, 0.25) is 5.91 Å². The second kappa shape index (κ2) is 5.14. The zero-order chi connectivity index (χ0) is 12.3. The number of nitrogens with zero attached hydrogens (tertiary/aromatic N) is 1. The van der Waals surface area contributed by atoms with Crippen molar-refractivity contribution < 1.29 is 4.79 Å². The van der Waals surface area contributed by atoms with E-state index in [0.29, 0.717) is 13.1 Å². The summed E-state index contributed by atoms with van der Waals surface area (Å²) in [6, 6.07) is 0. The molecule has 94 valence electrons. The van der Waals surface area contributed by atoms with Gasteiger partial charge in [0.25, 0.3) is 0 Å². The van der Waals surface area contributed by atoms with Crippen molar-refractivity contribution >= 4 is 17.2 Å². The first-order chi connectivity index (χ1) is 8.18. The van der Waals surface area contributed by atoms with Crippen LogP contribution in [0.2, 0.25) is 0 Å². The van der Waals surface area contributed by atoms with Gasteiger partial charge in [-0.25, -0.2) is 4.98 Å². The van der Waals surface area contributed by atoms with E-state index in [0.717, 1.165) is 36.3 Å². The summed E-state index contributed by atoms with van der Waals surface area (Å²) in [5, 5.41) is 3.01. The first kappa shape index (κ1) is 12.5. The van der Waals surface area contributed by atoms with Gasteiger partial charge in [0, 0.05) is 11.4 Å². The summed E-state index contributed by atoms with van der Waals surface area (Å²) in [6.45, 7) is 3.00. The second-order valence-corrected chi connectivity index (χ2v) is 5.67. The molecule has 0 spiro atoms. The lowest BCUT2D eigenvalue weighted by atomic mass is 9.85. The summed E-state index contributed by atoms with van der Waals surface area (Å²) in [5.41, 5.74) is 8.28. The van der Waals surface area contributed by atoms with Gasteiger partial charge in [-0.2, -0.15) is 0 Å². The molecule has 4 nitrogen and oxygen atoms in total. The highest BCUT2D eigenvalue weighted by Crippen LogP contribution is 2.37. The lowest BCUT2D eigenvalue weighted by Gasteiger charge is -2.25. The molecule has 1 aromatic heterocycles. The number of hydrogen-bond donors (Lipinski definition) is 2. The van der Waals surface area contributed by atoms with Gasteiger partial charge >= 0.3 is 0 Å². The number of nitrogens with one attached hydrogen (secondary N) is 1. The number of amides is 1. The van der Waals surface area contributed by atoms with E-state index in [1.165, 1.54) is 0 Å². The first-order valence-electron chi connectivity index (χ1n) is 6.05. The summed E-state index contributed by atoms with van der Waals surface area (Å²) in [5.74, 6) is 0.116. The van der Waals surface area contributed by atoms with E-state index in [9.17, 15) is 4.79 Å². The van der Waals surface area contributed by atoms with E-state index in [4.69, 9.17) is 5.73 Å². The molecular formula is C12H19N3OS. The lowest BCUT2D eigenvalue weighted by Crippen LogP contribution is -2.43. The highest BCUT2D eigenvalue weighted by Gasteiger charge is 2.39. The van der Waals surface area contributed by atoms with E-state index in [1.807, 2.05) is 12.4 Å². The number of carbonyl (C=O) groups excluding carboxylic acids is 1. The molecule has 1 aromatic rings. The number of thiazole rings is 1. The van der Waals surface area contributed by atoms with Crippen molar-refractivity contribution in [3.05, 3.63) is 16.1 Å². The Bertz CT molecular complexity index is 396. The van der Waals surface area contributed by atoms with Crippen LogP contribution in [0.25, 0.3) is 0 Å². The topological polar surface area (TPSA) is 68.0 Å². The molecule has 0 aliphatic heterocycles. The van der Waals surface area contributed by atoms with Crippen LogP contribution in [0.3, 0.4) is 0 Å². The number of aryl methyl sites for hydroxylation is 1. The van der Waals surface area contributed by atoms with E-state index < -0.39 is 0 Å². The molecule has 1 aliphatic rings. The highest BCUT2D eigenvalue weighted by atomic mass is 32.1. The van der Waals surface area contributed by atoms with Crippen LogP contribution in [0.15, 0.2) is 5.51 Å². The van der Waals surface area contributed by atoms with Crippen LogP contribution >= 0.6 is 11.3 Å². The Morgan fingerprint density at radius 3 is 2.82 bits per heavy atom. The molecule has 2 rings (SSSR count). The van der Waals surface area contributed by atoms with E-state index in [-0.39, 0.29) is 11.3 Å². The van der Waals surface area contributed by atoms with Crippen molar-refractivity contribution in [3.63, 3.8) is 0 Å². The Hall–Kier alpha value is -0.940. The molecule has 1 heterocycles. The smallest absolute Gasteiger partial charge is 0.227 e. The monoisotopic (exact) mass is 253 g/mol. The summed E-state index contributed by atoms with van der Waals surface area (Å²) >= 11 is 1.58. The minimum atomic E-state index is -0.307. The van der Waals surface area contributed by atoms with Gasteiger partial charge in [0.15, 0.2) is 0 Å². The van der Waals surface area contributed by atoms with Crippen molar-refractivity contribution in [1.82, 2.24) is 10.3 Å². The standard InChI is InChI=1S/C12H19N3OS/c1-9-10(17-8-15-9)6-14-11(16)12(7-13)4-2-3-5-12/h8H,2-7,13H2,1H3,(H,14,16). The van der Waals surface area contributed by atoms with Gasteiger partial charge in [0.1, 0.15) is 0 Å². The fourth-order valence-corrected chi connectivity index (χ4v) is 3.14. The quantitative estimate of drug-likeness (QED) is 0.856. The van der Waals surface area contributed by atoms with Gasteiger partial charge in [-0.05, 0) is 19.8 Å². The minimum absolute atomic E-state index is 0.116. The normalized spacial score (nSPS) is 18.2. The van der Waals surface area contributed by atoms with Crippen LogP contribution in [0.5, 0.6) is 0 Å². The largest absolute Gasteiger partial charge is 0.351 e. The van der Waals surface area contributed by atoms with Gasteiger partial charge in [0.05, 0.1) is 23.2 Å². The van der Waals surface area contributed by atoms with Gasteiger partial charge in [-0.15, -0.1) is 11.3 Å². The highest BCUT2D eigenvalue weighted by molar-refractivity contribution is 7.09. The number of hydrogen-bond acceptors (Lipinski definition) is 4. The third kappa shape index (κ3) is 2.50. The van der Waals surface area contributed by atoms with Crippen LogP contribution in [-0.4, -0.2) is 17.4 Å². The molecule has 17 heavy (non-hydrogen) atoms. The Balaban J connectivity index is 1.95. The Kier molecular flexibility index (Phi) is 3.79. The van der Waals surface area contributed by atoms with Crippen molar-refractivity contribution in [2.75, 3.05) is 6.54 Å². The molecule has 1 fully saturated rings. The zero-order valence-corrected chi connectivity index (χ0v) is 11.0. The predicted molar refractivity (Wildman–Crippen MR) is 68.7 cm³/mol. The Labute approximate surface area is 106 Å². The van der Waals surface area contributed by atoms with Crippen molar-refractivity contribution in [2.45, 2.75) is 39.2 Å². The second-order valence-electron chi connectivity index (χ2n) is 4.74. The van der Waals surface area contributed by atoms with Crippen molar-refractivity contribution in [2.24, 2.45) is 11.1 Å². The summed E-state index contributed by atoms with van der Waals surface area (Å²) in [4.78, 5) is 17.5. The number of aromatic nitrogens is 1. The molecular weight excluding hydrogens is 234 g/mol. The molecule has 0 saturated heterocycles. The maximum Gasteiger partial charge on any atom is 0.227 e. The van der Waals surface area contributed by atoms with Crippen LogP contribution in [0.1, 0.15) is 36.3 Å². The summed E-state index contributed by atoms with van der Waals surface area (Å²) < 4.78 is 0. The predicted octanol–water partition coefficient (Wildman–Crippen LogP) is 1.59. The van der Waals surface area contributed by atoms with E-state index in [2.05, 4.69) is 10.3 Å². The number of carbonyl (C=O) groups is 1. The third-order valence-corrected chi connectivity index (χ3v) is 4.62. The molecule has 0 bridgehead atoms. The number of nitrogens with two attached hydrogens (primary N) is 1. The molecule has 3 N–H and O–H groups in total. The fraction of sp³-hybridized carbons (Fsp3) is 0.667. The molecule has 1 aliphatic carbocycles. The molecule has 0 atom stereocenters. The molecule has 1 amide bonds. The minimum Gasteiger partial charge on any atom is -0.351 e.